The molecule has 4 rings (SSSR count). The first-order valence-corrected chi connectivity index (χ1v) is 8.12. The van der Waals surface area contributed by atoms with Crippen molar-refractivity contribution in [2.24, 2.45) is 0 Å². The summed E-state index contributed by atoms with van der Waals surface area (Å²) in [7, 11) is 0. The summed E-state index contributed by atoms with van der Waals surface area (Å²) in [5.41, 5.74) is 3.55. The molecule has 0 aliphatic heterocycles. The lowest BCUT2D eigenvalue weighted by atomic mass is 10.1. The smallest absolute Gasteiger partial charge is 0.162 e. The van der Waals surface area contributed by atoms with Crippen molar-refractivity contribution in [2.75, 3.05) is 5.32 Å². The summed E-state index contributed by atoms with van der Waals surface area (Å²) in [5.74, 6) is 1.40. The first-order chi connectivity index (χ1) is 12.3. The molecule has 1 heterocycles. The van der Waals surface area contributed by atoms with E-state index in [-0.39, 0.29) is 6.61 Å². The van der Waals surface area contributed by atoms with Crippen LogP contribution in [-0.4, -0.2) is 15.1 Å². The van der Waals surface area contributed by atoms with E-state index < -0.39 is 0 Å². The predicted octanol–water partition coefficient (Wildman–Crippen LogP) is 4.53. The molecule has 0 fully saturated rings. The van der Waals surface area contributed by atoms with E-state index in [4.69, 9.17) is 9.97 Å². The van der Waals surface area contributed by atoms with Gasteiger partial charge in [-0.3, -0.25) is 0 Å². The summed E-state index contributed by atoms with van der Waals surface area (Å²) in [5, 5.41) is 13.7. The van der Waals surface area contributed by atoms with Gasteiger partial charge in [-0.05, 0) is 29.8 Å². The van der Waals surface area contributed by atoms with Crippen LogP contribution in [0.2, 0.25) is 0 Å². The maximum atomic E-state index is 9.43. The minimum absolute atomic E-state index is 0.0118. The van der Waals surface area contributed by atoms with Gasteiger partial charge in [-0.1, -0.05) is 54.6 Å². The summed E-state index contributed by atoms with van der Waals surface area (Å²) in [6.07, 6.45) is 0. The highest BCUT2D eigenvalue weighted by Crippen LogP contribution is 2.28. The average Bonchev–Trinajstić information content (AvgIpc) is 2.69. The van der Waals surface area contributed by atoms with Crippen LogP contribution in [0.3, 0.4) is 0 Å². The number of aliphatic hydroxyl groups excluding tert-OH is 1. The zero-order valence-electron chi connectivity index (χ0n) is 13.6. The monoisotopic (exact) mass is 327 g/mol. The molecule has 0 atom stereocenters. The topological polar surface area (TPSA) is 58.0 Å². The van der Waals surface area contributed by atoms with Gasteiger partial charge in [0.05, 0.1) is 12.1 Å². The van der Waals surface area contributed by atoms with Gasteiger partial charge in [0.2, 0.25) is 0 Å². The van der Waals surface area contributed by atoms with Crippen molar-refractivity contribution < 1.29 is 5.11 Å². The molecular formula is C21H17N3O. The predicted molar refractivity (Wildman–Crippen MR) is 101 cm³/mol. The zero-order chi connectivity index (χ0) is 17.1. The molecule has 3 aromatic carbocycles. The Morgan fingerprint density at radius 1 is 0.800 bits per heavy atom. The number of aliphatic hydroxyl groups is 1. The minimum atomic E-state index is -0.0118. The maximum Gasteiger partial charge on any atom is 0.162 e. The van der Waals surface area contributed by atoms with Gasteiger partial charge in [0.25, 0.3) is 0 Å². The van der Waals surface area contributed by atoms with E-state index in [1.54, 1.807) is 0 Å². The van der Waals surface area contributed by atoms with Crippen molar-refractivity contribution in [1.29, 1.82) is 0 Å². The van der Waals surface area contributed by atoms with Crippen LogP contribution in [0, 0.1) is 0 Å². The highest BCUT2D eigenvalue weighted by molar-refractivity contribution is 5.92. The summed E-state index contributed by atoms with van der Waals surface area (Å²) in [6, 6.07) is 25.6. The van der Waals surface area contributed by atoms with E-state index in [0.717, 1.165) is 33.5 Å². The number of nitrogens with zero attached hydrogens (tertiary/aromatic N) is 2. The summed E-state index contributed by atoms with van der Waals surface area (Å²) in [4.78, 5) is 9.43. The van der Waals surface area contributed by atoms with Gasteiger partial charge >= 0.3 is 0 Å². The van der Waals surface area contributed by atoms with Gasteiger partial charge in [0.15, 0.2) is 5.82 Å². The largest absolute Gasteiger partial charge is 0.392 e. The zero-order valence-corrected chi connectivity index (χ0v) is 13.6. The number of aromatic nitrogens is 2. The molecule has 0 saturated heterocycles. The molecular weight excluding hydrogens is 310 g/mol. The third kappa shape index (κ3) is 3.20. The fourth-order valence-corrected chi connectivity index (χ4v) is 2.74. The van der Waals surface area contributed by atoms with Gasteiger partial charge in [-0.15, -0.1) is 0 Å². The molecule has 2 N–H and O–H groups in total. The molecule has 0 radical (unpaired) electrons. The molecule has 4 heteroatoms. The molecule has 0 aliphatic rings. The molecule has 4 nitrogen and oxygen atoms in total. The number of para-hydroxylation sites is 1. The van der Waals surface area contributed by atoms with Gasteiger partial charge in [-0.25, -0.2) is 9.97 Å². The quantitative estimate of drug-likeness (QED) is 0.578. The number of hydrogen-bond acceptors (Lipinski definition) is 4. The van der Waals surface area contributed by atoms with Crippen molar-refractivity contribution >= 4 is 22.4 Å². The Kier molecular flexibility index (Phi) is 4.11. The van der Waals surface area contributed by atoms with Crippen LogP contribution in [0.25, 0.3) is 22.3 Å². The molecule has 0 amide bonds. The molecule has 0 unspecified atom stereocenters. The van der Waals surface area contributed by atoms with Crippen LogP contribution < -0.4 is 5.32 Å². The molecule has 0 aliphatic carbocycles. The van der Waals surface area contributed by atoms with Crippen LogP contribution in [-0.2, 0) is 6.61 Å². The number of anilines is 2. The van der Waals surface area contributed by atoms with Crippen LogP contribution in [0.4, 0.5) is 11.5 Å². The lowest BCUT2D eigenvalue weighted by Gasteiger charge is -2.12. The van der Waals surface area contributed by atoms with E-state index >= 15 is 0 Å². The Hall–Kier alpha value is -3.24. The third-order valence-electron chi connectivity index (χ3n) is 4.01. The van der Waals surface area contributed by atoms with E-state index in [2.05, 4.69) is 5.32 Å². The lowest BCUT2D eigenvalue weighted by molar-refractivity contribution is 0.282. The van der Waals surface area contributed by atoms with Crippen molar-refractivity contribution in [3.05, 3.63) is 84.4 Å². The first kappa shape index (κ1) is 15.3. The van der Waals surface area contributed by atoms with Crippen molar-refractivity contribution in [3.8, 4) is 11.4 Å². The summed E-state index contributed by atoms with van der Waals surface area (Å²) < 4.78 is 0. The molecule has 25 heavy (non-hydrogen) atoms. The Morgan fingerprint density at radius 3 is 2.24 bits per heavy atom. The second-order valence-electron chi connectivity index (χ2n) is 5.76. The first-order valence-electron chi connectivity index (χ1n) is 8.12. The van der Waals surface area contributed by atoms with Crippen molar-refractivity contribution in [1.82, 2.24) is 9.97 Å². The molecule has 0 spiro atoms. The molecule has 122 valence electrons. The maximum absolute atomic E-state index is 9.43. The second-order valence-corrected chi connectivity index (χ2v) is 5.76. The Balaban J connectivity index is 1.89. The Labute approximate surface area is 145 Å². The van der Waals surface area contributed by atoms with Crippen LogP contribution in [0.5, 0.6) is 0 Å². The van der Waals surface area contributed by atoms with Gasteiger partial charge in [0, 0.05) is 16.6 Å². The SMILES string of the molecule is OCc1ccc2c(Nc3ccccc3)nc(-c3ccccc3)nc2c1. The fourth-order valence-electron chi connectivity index (χ4n) is 2.74. The summed E-state index contributed by atoms with van der Waals surface area (Å²) >= 11 is 0. The fraction of sp³-hybridized carbons (Fsp3) is 0.0476. The average molecular weight is 327 g/mol. The molecule has 0 bridgehead atoms. The normalized spacial score (nSPS) is 10.8. The van der Waals surface area contributed by atoms with E-state index in [9.17, 15) is 5.11 Å². The highest BCUT2D eigenvalue weighted by Gasteiger charge is 2.10. The van der Waals surface area contributed by atoms with Crippen LogP contribution >= 0.6 is 0 Å². The molecule has 4 aromatic rings. The van der Waals surface area contributed by atoms with Gasteiger partial charge < -0.3 is 10.4 Å². The lowest BCUT2D eigenvalue weighted by Crippen LogP contribution is -2.00. The van der Waals surface area contributed by atoms with Crippen molar-refractivity contribution in [3.63, 3.8) is 0 Å². The van der Waals surface area contributed by atoms with Crippen LogP contribution in [0.15, 0.2) is 78.9 Å². The van der Waals surface area contributed by atoms with E-state index in [1.165, 1.54) is 0 Å². The number of hydrogen-bond donors (Lipinski definition) is 2. The molecule has 1 aromatic heterocycles. The number of nitrogens with one attached hydrogen (secondary N) is 1. The van der Waals surface area contributed by atoms with Gasteiger partial charge in [-0.2, -0.15) is 0 Å². The van der Waals surface area contributed by atoms with E-state index in [1.807, 2.05) is 78.9 Å². The standard InChI is InChI=1S/C21H17N3O/c25-14-15-11-12-18-19(13-15)23-20(16-7-3-1-4-8-16)24-21(18)22-17-9-5-2-6-10-17/h1-13,25H,14H2,(H,22,23,24). The Morgan fingerprint density at radius 2 is 1.52 bits per heavy atom. The van der Waals surface area contributed by atoms with Crippen LogP contribution in [0.1, 0.15) is 5.56 Å². The van der Waals surface area contributed by atoms with Gasteiger partial charge in [0.1, 0.15) is 5.82 Å². The minimum Gasteiger partial charge on any atom is -0.392 e. The summed E-state index contributed by atoms with van der Waals surface area (Å²) in [6.45, 7) is -0.0118. The molecule has 0 saturated carbocycles. The number of rotatable bonds is 4. The second kappa shape index (κ2) is 6.71. The van der Waals surface area contributed by atoms with E-state index in [0.29, 0.717) is 5.82 Å². The third-order valence-corrected chi connectivity index (χ3v) is 4.01. The Bertz CT molecular complexity index is 1000. The van der Waals surface area contributed by atoms with Crippen molar-refractivity contribution in [2.45, 2.75) is 6.61 Å². The highest BCUT2D eigenvalue weighted by atomic mass is 16.3. The number of benzene rings is 3. The number of fused-ring (bicyclic) bond motifs is 1.